The number of hydrogen-bond donors (Lipinski definition) is 11. The van der Waals surface area contributed by atoms with Gasteiger partial charge in [-0.25, -0.2) is 9.59 Å². The zero-order valence-corrected chi connectivity index (χ0v) is 18.8. The summed E-state index contributed by atoms with van der Waals surface area (Å²) in [6, 6.07) is -0.716. The van der Waals surface area contributed by atoms with Crippen LogP contribution in [0.3, 0.4) is 0 Å². The summed E-state index contributed by atoms with van der Waals surface area (Å²) in [5.41, 5.74) is 4.94. The monoisotopic (exact) mass is 530 g/mol. The molecule has 0 bridgehead atoms. The molecule has 0 aromatic heterocycles. The van der Waals surface area contributed by atoms with E-state index in [1.807, 2.05) is 0 Å². The van der Waals surface area contributed by atoms with Crippen molar-refractivity contribution < 1.29 is 79.5 Å². The highest BCUT2D eigenvalue weighted by Crippen LogP contribution is 2.16. The van der Waals surface area contributed by atoms with E-state index in [1.54, 1.807) is 0 Å². The number of aliphatic hydroxyl groups is 2. The lowest BCUT2D eigenvalue weighted by molar-refractivity contribution is -0.170. The molecule has 0 aliphatic carbocycles. The van der Waals surface area contributed by atoms with Crippen molar-refractivity contribution in [2.75, 3.05) is 6.54 Å². The third-order valence-corrected chi connectivity index (χ3v) is 3.86. The van der Waals surface area contributed by atoms with Gasteiger partial charge in [0.15, 0.2) is 11.2 Å². The van der Waals surface area contributed by atoms with E-state index in [2.05, 4.69) is 0 Å². The molecule has 0 saturated heterocycles. The molecule has 0 aromatic rings. The van der Waals surface area contributed by atoms with E-state index in [-0.39, 0.29) is 0 Å². The number of hydrogen-bond acceptors (Lipinski definition) is 11. The van der Waals surface area contributed by atoms with Crippen molar-refractivity contribution in [2.24, 2.45) is 11.5 Å². The van der Waals surface area contributed by atoms with Crippen LogP contribution >= 0.6 is 0 Å². The van der Waals surface area contributed by atoms with Crippen LogP contribution in [0.2, 0.25) is 0 Å². The van der Waals surface area contributed by atoms with Gasteiger partial charge in [0.25, 0.3) is 0 Å². The Balaban J connectivity index is -0.000000459. The maximum absolute atomic E-state index is 10.3. The van der Waals surface area contributed by atoms with E-state index in [9.17, 15) is 33.6 Å². The summed E-state index contributed by atoms with van der Waals surface area (Å²) in [6.45, 7) is 0.604. The Morgan fingerprint density at radius 3 is 1.03 bits per heavy atom. The Morgan fingerprint density at radius 1 is 0.583 bits per heavy atom. The average Bonchev–Trinajstić information content (AvgIpc) is 2.66. The molecule has 1 atom stereocenters. The van der Waals surface area contributed by atoms with E-state index in [1.165, 1.54) is 0 Å². The highest BCUT2D eigenvalue weighted by molar-refractivity contribution is 5.88. The van der Waals surface area contributed by atoms with Crippen LogP contribution in [0.4, 0.5) is 0 Å². The minimum absolute atomic E-state index is 0.520. The summed E-state index contributed by atoms with van der Waals surface area (Å²) in [7, 11) is 0. The van der Waals surface area contributed by atoms with Gasteiger partial charge in [-0.05, 0) is 19.4 Å². The Labute approximate surface area is 202 Å². The normalized spacial score (nSPS) is 11.4. The molecule has 0 radical (unpaired) electrons. The lowest BCUT2D eigenvalue weighted by atomic mass is 9.96. The molecule has 0 heterocycles. The van der Waals surface area contributed by atoms with Gasteiger partial charge in [0.2, 0.25) is 0 Å². The molecular formula is C18H30N2O16. The number of carbonyl (C=O) groups is 7. The van der Waals surface area contributed by atoms with E-state index in [4.69, 9.17) is 57.4 Å². The summed E-state index contributed by atoms with van der Waals surface area (Å²) in [5.74, 6) is -11.0. The van der Waals surface area contributed by atoms with E-state index in [0.29, 0.717) is 13.0 Å². The summed E-state index contributed by atoms with van der Waals surface area (Å²) in [5, 5.41) is 75.9. The molecule has 1 unspecified atom stereocenters. The molecule has 13 N–H and O–H groups in total. The smallest absolute Gasteiger partial charge is 0.336 e. The second-order valence-corrected chi connectivity index (χ2v) is 7.18. The average molecular weight is 530 g/mol. The highest BCUT2D eigenvalue weighted by Gasteiger charge is 2.41. The van der Waals surface area contributed by atoms with Gasteiger partial charge in [0, 0.05) is 0 Å². The molecule has 0 aliphatic heterocycles. The molecule has 36 heavy (non-hydrogen) atoms. The fourth-order valence-corrected chi connectivity index (χ4v) is 2.06. The first-order chi connectivity index (χ1) is 16.2. The van der Waals surface area contributed by atoms with E-state index >= 15 is 0 Å². The van der Waals surface area contributed by atoms with Crippen molar-refractivity contribution >= 4 is 41.8 Å². The van der Waals surface area contributed by atoms with Gasteiger partial charge in [0.1, 0.15) is 6.04 Å². The van der Waals surface area contributed by atoms with Gasteiger partial charge in [-0.15, -0.1) is 0 Å². The van der Waals surface area contributed by atoms with Crippen molar-refractivity contribution in [1.29, 1.82) is 0 Å². The minimum atomic E-state index is -2.74. The molecule has 0 rings (SSSR count). The lowest BCUT2D eigenvalue weighted by Gasteiger charge is -2.18. The molecule has 0 aromatic carbocycles. The highest BCUT2D eigenvalue weighted by atomic mass is 16.4. The predicted molar refractivity (Wildman–Crippen MR) is 113 cm³/mol. The number of unbranched alkanes of at least 4 members (excludes halogenated alkanes) is 1. The molecule has 0 saturated carbocycles. The van der Waals surface area contributed by atoms with Crippen LogP contribution in [0.5, 0.6) is 0 Å². The molecule has 208 valence electrons. The second kappa shape index (κ2) is 17.5. The molecule has 18 heteroatoms. The quantitative estimate of drug-likeness (QED) is 0.0940. The number of carboxylic acids is 7. The fourth-order valence-electron chi connectivity index (χ4n) is 2.06. The van der Waals surface area contributed by atoms with Crippen LogP contribution in [0, 0.1) is 0 Å². The Bertz CT molecular complexity index is 712. The van der Waals surface area contributed by atoms with Crippen molar-refractivity contribution in [3.8, 4) is 0 Å². The van der Waals surface area contributed by atoms with Crippen LogP contribution < -0.4 is 11.5 Å². The second-order valence-electron chi connectivity index (χ2n) is 7.18. The largest absolute Gasteiger partial charge is 0.481 e. The van der Waals surface area contributed by atoms with Crippen molar-refractivity contribution in [3.05, 3.63) is 0 Å². The third-order valence-electron chi connectivity index (χ3n) is 3.86. The van der Waals surface area contributed by atoms with E-state index in [0.717, 1.165) is 12.8 Å². The van der Waals surface area contributed by atoms with Gasteiger partial charge in [-0.3, -0.25) is 24.0 Å². The van der Waals surface area contributed by atoms with Crippen LogP contribution in [0.15, 0.2) is 0 Å². The lowest BCUT2D eigenvalue weighted by Crippen LogP contribution is -2.42. The van der Waals surface area contributed by atoms with Gasteiger partial charge in [0.05, 0.1) is 25.7 Å². The molecule has 0 fully saturated rings. The fraction of sp³-hybridized carbons (Fsp3) is 0.611. The zero-order chi connectivity index (χ0) is 29.3. The van der Waals surface area contributed by atoms with Crippen LogP contribution in [0.25, 0.3) is 0 Å². The first kappa shape index (κ1) is 36.7. The van der Waals surface area contributed by atoms with Crippen molar-refractivity contribution in [3.63, 3.8) is 0 Å². The van der Waals surface area contributed by atoms with Crippen LogP contribution in [0.1, 0.15) is 44.9 Å². The number of rotatable bonds is 15. The number of nitrogens with two attached hydrogens (primary N) is 2. The Hall–Kier alpha value is -3.87. The van der Waals surface area contributed by atoms with Crippen LogP contribution in [-0.2, 0) is 33.6 Å². The molecule has 0 spiro atoms. The first-order valence-corrected chi connectivity index (χ1v) is 9.71. The van der Waals surface area contributed by atoms with Gasteiger partial charge < -0.3 is 57.4 Å². The summed E-state index contributed by atoms with van der Waals surface area (Å²) < 4.78 is 0. The summed E-state index contributed by atoms with van der Waals surface area (Å²) in [4.78, 5) is 71.1. The topological polar surface area (TPSA) is 354 Å². The van der Waals surface area contributed by atoms with Gasteiger partial charge in [-0.1, -0.05) is 6.42 Å². The molecule has 18 nitrogen and oxygen atoms in total. The number of aliphatic carboxylic acids is 7. The summed E-state index contributed by atoms with van der Waals surface area (Å²) in [6.07, 6.45) is -2.41. The predicted octanol–water partition coefficient (Wildman–Crippen LogP) is -2.97. The number of carboxylic acid groups (broad SMARTS) is 7. The summed E-state index contributed by atoms with van der Waals surface area (Å²) >= 11 is 0. The van der Waals surface area contributed by atoms with Crippen LogP contribution in [-0.4, -0.2) is 112 Å². The molecule has 0 amide bonds. The van der Waals surface area contributed by atoms with Gasteiger partial charge in [-0.2, -0.15) is 0 Å². The van der Waals surface area contributed by atoms with E-state index < -0.39 is 84.7 Å². The van der Waals surface area contributed by atoms with Crippen molar-refractivity contribution in [1.82, 2.24) is 0 Å². The molecular weight excluding hydrogens is 500 g/mol. The zero-order valence-electron chi connectivity index (χ0n) is 18.8. The first-order valence-electron chi connectivity index (χ1n) is 9.71. The molecule has 0 aliphatic rings. The SMILES string of the molecule is NCCCCC(N)C(=O)O.O=C(O)CC(O)(CC(=O)O)C(=O)O.O=C(O)CC(O)(CC(=O)O)C(=O)O. The minimum Gasteiger partial charge on any atom is -0.481 e. The maximum atomic E-state index is 10.3. The maximum Gasteiger partial charge on any atom is 0.336 e. The standard InChI is InChI=1S/C6H14N2O2.2C6H8O7/c7-4-2-1-3-5(8)6(9)10;2*7-3(8)1-6(13,5(11)12)2-4(9)10/h5H,1-4,7-8H2,(H,9,10);2*13H,1-2H2,(H,7,8)(H,9,10)(H,11,12). The Morgan fingerprint density at radius 2 is 0.861 bits per heavy atom. The Kier molecular flexibility index (Phi) is 17.9. The third kappa shape index (κ3) is 18.5. The van der Waals surface area contributed by atoms with Gasteiger partial charge >= 0.3 is 41.8 Å². The van der Waals surface area contributed by atoms with Crippen molar-refractivity contribution in [2.45, 2.75) is 62.2 Å².